The number of benzene rings is 1. The molecule has 0 amide bonds. The number of hydrogen-bond acceptors (Lipinski definition) is 3. The van der Waals surface area contributed by atoms with E-state index in [1.165, 1.54) is 4.31 Å². The Morgan fingerprint density at radius 1 is 1.22 bits per heavy atom. The van der Waals surface area contributed by atoms with Crippen molar-refractivity contribution in [1.29, 1.82) is 0 Å². The summed E-state index contributed by atoms with van der Waals surface area (Å²) in [6.07, 6.45) is 1.89. The van der Waals surface area contributed by atoms with Gasteiger partial charge in [-0.25, -0.2) is 8.42 Å². The molecule has 2 rings (SSSR count). The van der Waals surface area contributed by atoms with Crippen molar-refractivity contribution in [2.45, 2.75) is 45.7 Å². The SMILES string of the molecule is CCn1cc(CN(C)S(=O)(=O)c2cc(C)c(Cl)cc2C)c(C)n1. The van der Waals surface area contributed by atoms with Gasteiger partial charge < -0.3 is 0 Å². The first-order valence-corrected chi connectivity index (χ1v) is 9.24. The molecule has 1 aromatic heterocycles. The Balaban J connectivity index is 2.35. The molecule has 5 nitrogen and oxygen atoms in total. The molecule has 0 radical (unpaired) electrons. The van der Waals surface area contributed by atoms with E-state index in [9.17, 15) is 8.42 Å². The summed E-state index contributed by atoms with van der Waals surface area (Å²) in [5.41, 5.74) is 3.15. The minimum Gasteiger partial charge on any atom is -0.272 e. The third-order valence-electron chi connectivity index (χ3n) is 3.91. The van der Waals surface area contributed by atoms with Crippen molar-refractivity contribution in [3.05, 3.63) is 45.7 Å². The van der Waals surface area contributed by atoms with Crippen LogP contribution >= 0.6 is 11.6 Å². The molecular formula is C16H22ClN3O2S. The molecule has 0 bridgehead atoms. The van der Waals surface area contributed by atoms with Crippen LogP contribution < -0.4 is 0 Å². The van der Waals surface area contributed by atoms with Crippen LogP contribution in [0.3, 0.4) is 0 Å². The van der Waals surface area contributed by atoms with Gasteiger partial charge in [-0.1, -0.05) is 11.6 Å². The van der Waals surface area contributed by atoms with E-state index in [0.29, 0.717) is 15.5 Å². The highest BCUT2D eigenvalue weighted by Gasteiger charge is 2.24. The van der Waals surface area contributed by atoms with E-state index in [2.05, 4.69) is 5.10 Å². The predicted octanol–water partition coefficient (Wildman–Crippen LogP) is 3.30. The third kappa shape index (κ3) is 3.59. The van der Waals surface area contributed by atoms with Crippen molar-refractivity contribution in [3.63, 3.8) is 0 Å². The first-order chi connectivity index (χ1) is 10.7. The lowest BCUT2D eigenvalue weighted by molar-refractivity contribution is 0.465. The molecule has 0 saturated carbocycles. The van der Waals surface area contributed by atoms with Gasteiger partial charge in [0.05, 0.1) is 10.6 Å². The Kier molecular flexibility index (Phi) is 5.18. The number of nitrogens with zero attached hydrogens (tertiary/aromatic N) is 3. The summed E-state index contributed by atoms with van der Waals surface area (Å²) in [6.45, 7) is 8.49. The van der Waals surface area contributed by atoms with Crippen LogP contribution in [0.4, 0.5) is 0 Å². The smallest absolute Gasteiger partial charge is 0.243 e. The molecule has 7 heteroatoms. The Hall–Kier alpha value is -1.37. The van der Waals surface area contributed by atoms with Gasteiger partial charge in [0, 0.05) is 36.9 Å². The maximum atomic E-state index is 12.9. The van der Waals surface area contributed by atoms with Crippen molar-refractivity contribution >= 4 is 21.6 Å². The van der Waals surface area contributed by atoms with Crippen molar-refractivity contribution < 1.29 is 8.42 Å². The fraction of sp³-hybridized carbons (Fsp3) is 0.438. The zero-order chi connectivity index (χ0) is 17.4. The zero-order valence-electron chi connectivity index (χ0n) is 14.1. The summed E-state index contributed by atoms with van der Waals surface area (Å²) in [4.78, 5) is 0.294. The van der Waals surface area contributed by atoms with E-state index < -0.39 is 10.0 Å². The fourth-order valence-electron chi connectivity index (χ4n) is 2.40. The number of halogens is 1. The van der Waals surface area contributed by atoms with Crippen LogP contribution in [0.2, 0.25) is 5.02 Å². The number of rotatable bonds is 5. The van der Waals surface area contributed by atoms with Crippen LogP contribution in [0.15, 0.2) is 23.2 Å². The van der Waals surface area contributed by atoms with Gasteiger partial charge in [-0.15, -0.1) is 0 Å². The standard InChI is InChI=1S/C16H22ClN3O2S/c1-6-20-10-14(13(4)18-20)9-19(5)23(21,22)16-8-11(2)15(17)7-12(16)3/h7-8,10H,6,9H2,1-5H3. The lowest BCUT2D eigenvalue weighted by atomic mass is 10.2. The molecule has 0 spiro atoms. The molecule has 1 aromatic carbocycles. The molecule has 0 atom stereocenters. The predicted molar refractivity (Wildman–Crippen MR) is 92.2 cm³/mol. The molecule has 23 heavy (non-hydrogen) atoms. The summed E-state index contributed by atoms with van der Waals surface area (Å²) in [6, 6.07) is 3.32. The van der Waals surface area contributed by atoms with Gasteiger partial charge in [0.2, 0.25) is 10.0 Å². The highest BCUT2D eigenvalue weighted by Crippen LogP contribution is 2.26. The fourth-order valence-corrected chi connectivity index (χ4v) is 4.06. The van der Waals surface area contributed by atoms with Gasteiger partial charge in [0.25, 0.3) is 0 Å². The molecule has 0 N–H and O–H groups in total. The monoisotopic (exact) mass is 355 g/mol. The molecule has 0 aliphatic carbocycles. The molecule has 1 heterocycles. The van der Waals surface area contributed by atoms with E-state index in [4.69, 9.17) is 11.6 Å². The number of sulfonamides is 1. The van der Waals surface area contributed by atoms with Crippen LogP contribution in [-0.4, -0.2) is 29.6 Å². The van der Waals surface area contributed by atoms with Crippen LogP contribution in [0.5, 0.6) is 0 Å². The molecule has 0 saturated heterocycles. The summed E-state index contributed by atoms with van der Waals surface area (Å²) in [7, 11) is -2.00. The van der Waals surface area contributed by atoms with Gasteiger partial charge in [-0.05, 0) is 51.0 Å². The Morgan fingerprint density at radius 2 is 1.87 bits per heavy atom. The van der Waals surface area contributed by atoms with Crippen LogP contribution in [0, 0.1) is 20.8 Å². The normalized spacial score (nSPS) is 12.1. The third-order valence-corrected chi connectivity index (χ3v) is 6.26. The van der Waals surface area contributed by atoms with Gasteiger partial charge in [0.15, 0.2) is 0 Å². The van der Waals surface area contributed by atoms with Gasteiger partial charge >= 0.3 is 0 Å². The lowest BCUT2D eigenvalue weighted by Crippen LogP contribution is -2.27. The van der Waals surface area contributed by atoms with Crippen LogP contribution in [0.25, 0.3) is 0 Å². The first kappa shape index (κ1) is 18.0. The van der Waals surface area contributed by atoms with Gasteiger partial charge in [-0.3, -0.25) is 4.68 Å². The zero-order valence-corrected chi connectivity index (χ0v) is 15.7. The van der Waals surface area contributed by atoms with E-state index in [1.807, 2.05) is 24.7 Å². The quantitative estimate of drug-likeness (QED) is 0.826. The average molecular weight is 356 g/mol. The Labute approximate surface area is 142 Å². The number of aromatic nitrogens is 2. The summed E-state index contributed by atoms with van der Waals surface area (Å²) in [5, 5.41) is 4.93. The molecule has 0 unspecified atom stereocenters. The molecule has 126 valence electrons. The highest BCUT2D eigenvalue weighted by molar-refractivity contribution is 7.89. The molecule has 0 fully saturated rings. The van der Waals surface area contributed by atoms with Crippen LogP contribution in [0.1, 0.15) is 29.3 Å². The molecular weight excluding hydrogens is 334 g/mol. The van der Waals surface area contributed by atoms with E-state index in [1.54, 1.807) is 33.0 Å². The molecule has 0 aliphatic heterocycles. The van der Waals surface area contributed by atoms with Crippen LogP contribution in [-0.2, 0) is 23.1 Å². The van der Waals surface area contributed by atoms with E-state index in [0.717, 1.165) is 23.4 Å². The molecule has 2 aromatic rings. The second kappa shape index (κ2) is 6.63. The summed E-state index contributed by atoms with van der Waals surface area (Å²) in [5.74, 6) is 0. The van der Waals surface area contributed by atoms with Crippen molar-refractivity contribution in [2.24, 2.45) is 0 Å². The number of hydrogen-bond donors (Lipinski definition) is 0. The Morgan fingerprint density at radius 3 is 2.43 bits per heavy atom. The second-order valence-electron chi connectivity index (χ2n) is 5.72. The highest BCUT2D eigenvalue weighted by atomic mass is 35.5. The number of aryl methyl sites for hydroxylation is 4. The minimum absolute atomic E-state index is 0.287. The van der Waals surface area contributed by atoms with Crippen molar-refractivity contribution in [3.8, 4) is 0 Å². The first-order valence-electron chi connectivity index (χ1n) is 7.42. The van der Waals surface area contributed by atoms with E-state index in [-0.39, 0.29) is 6.54 Å². The summed E-state index contributed by atoms with van der Waals surface area (Å²) >= 11 is 6.07. The maximum Gasteiger partial charge on any atom is 0.243 e. The Bertz CT molecular complexity index is 828. The second-order valence-corrected chi connectivity index (χ2v) is 8.14. The summed E-state index contributed by atoms with van der Waals surface area (Å²) < 4.78 is 28.9. The van der Waals surface area contributed by atoms with Crippen molar-refractivity contribution in [2.75, 3.05) is 7.05 Å². The topological polar surface area (TPSA) is 55.2 Å². The lowest BCUT2D eigenvalue weighted by Gasteiger charge is -2.19. The van der Waals surface area contributed by atoms with Gasteiger partial charge in [-0.2, -0.15) is 9.40 Å². The van der Waals surface area contributed by atoms with E-state index >= 15 is 0 Å². The maximum absolute atomic E-state index is 12.9. The minimum atomic E-state index is -3.58. The largest absolute Gasteiger partial charge is 0.272 e. The average Bonchev–Trinajstić information content (AvgIpc) is 2.83. The van der Waals surface area contributed by atoms with Gasteiger partial charge in [0.1, 0.15) is 0 Å². The molecule has 0 aliphatic rings. The van der Waals surface area contributed by atoms with Crippen molar-refractivity contribution in [1.82, 2.24) is 14.1 Å².